The molecule has 1 aliphatic heterocycles. The molecule has 0 unspecified atom stereocenters. The van der Waals surface area contributed by atoms with Crippen LogP contribution >= 0.6 is 0 Å². The summed E-state index contributed by atoms with van der Waals surface area (Å²) in [6.07, 6.45) is -8.42. The third kappa shape index (κ3) is 6.06. The zero-order valence-corrected chi connectivity index (χ0v) is 20.9. The van der Waals surface area contributed by atoms with Crippen LogP contribution in [0.15, 0.2) is 18.2 Å². The van der Waals surface area contributed by atoms with Crippen molar-refractivity contribution in [2.45, 2.75) is 70.9 Å². The molecule has 0 bridgehead atoms. The van der Waals surface area contributed by atoms with Gasteiger partial charge in [-0.05, 0) is 39.3 Å². The Hall–Kier alpha value is -2.93. The lowest BCUT2D eigenvalue weighted by atomic mass is 9.99. The Morgan fingerprint density at radius 2 is 1.94 bits per heavy atom. The van der Waals surface area contributed by atoms with Gasteiger partial charge in [-0.25, -0.2) is 9.18 Å². The lowest BCUT2D eigenvalue weighted by molar-refractivity contribution is -0.278. The molecular formula is C24H33FN2O9. The van der Waals surface area contributed by atoms with Gasteiger partial charge in [0.15, 0.2) is 0 Å². The van der Waals surface area contributed by atoms with Crippen LogP contribution in [0.25, 0.3) is 0 Å². The minimum atomic E-state index is -1.66. The fourth-order valence-electron chi connectivity index (χ4n) is 3.92. The molecule has 0 aliphatic carbocycles. The number of carbonyl (C=O) groups is 1. The molecule has 0 radical (unpaired) electrons. The van der Waals surface area contributed by atoms with Crippen LogP contribution in [0.5, 0.6) is 11.6 Å². The third-order valence-corrected chi connectivity index (χ3v) is 5.86. The number of methoxy groups -OCH3 is 1. The Balaban J connectivity index is 1.88. The smallest absolute Gasteiger partial charge is 0.494 e. The first kappa shape index (κ1) is 27.7. The maximum absolute atomic E-state index is 14.8. The number of nitrogens with zero attached hydrogens (tertiary/aromatic N) is 2. The van der Waals surface area contributed by atoms with E-state index in [9.17, 15) is 24.5 Å². The van der Waals surface area contributed by atoms with Gasteiger partial charge in [-0.3, -0.25) is 4.68 Å². The van der Waals surface area contributed by atoms with Crippen LogP contribution in [0.1, 0.15) is 43.6 Å². The standard InChI is InChI=1S/C24H33FN2O9/c1-6-33-15-8-7-14(17(25)10-15)9-16-13(4)27(12(2)3)26-22(16)36-23-21(30)20(29)19(28)18(35-23)11-34-24(31)32-5/h7-8,10,12,18-21,23,28-30H,6,9,11H2,1-5H3/t18-,19-,20+,21-,23+/m1/s1. The van der Waals surface area contributed by atoms with E-state index in [0.29, 0.717) is 29.2 Å². The molecule has 3 rings (SSSR count). The topological polar surface area (TPSA) is 142 Å². The van der Waals surface area contributed by atoms with Crippen molar-refractivity contribution in [2.24, 2.45) is 0 Å². The summed E-state index contributed by atoms with van der Waals surface area (Å²) in [5.41, 5.74) is 1.63. The van der Waals surface area contributed by atoms with Crippen LogP contribution in [0.2, 0.25) is 0 Å². The summed E-state index contributed by atoms with van der Waals surface area (Å²) in [6, 6.07) is 4.53. The number of aliphatic hydroxyl groups is 3. The Morgan fingerprint density at radius 3 is 2.56 bits per heavy atom. The number of aliphatic hydroxyl groups excluding tert-OH is 3. The lowest BCUT2D eigenvalue weighted by Gasteiger charge is -2.39. The minimum Gasteiger partial charge on any atom is -0.494 e. The molecule has 0 amide bonds. The van der Waals surface area contributed by atoms with Crippen LogP contribution < -0.4 is 9.47 Å². The molecule has 200 valence electrons. The van der Waals surface area contributed by atoms with Crippen molar-refractivity contribution >= 4 is 6.16 Å². The highest BCUT2D eigenvalue weighted by atomic mass is 19.1. The Morgan fingerprint density at radius 1 is 1.22 bits per heavy atom. The highest BCUT2D eigenvalue weighted by molar-refractivity contribution is 5.59. The number of halogens is 1. The molecule has 2 aromatic rings. The third-order valence-electron chi connectivity index (χ3n) is 5.86. The number of ether oxygens (including phenoxy) is 5. The molecule has 2 heterocycles. The first-order chi connectivity index (χ1) is 17.1. The molecule has 12 heteroatoms. The van der Waals surface area contributed by atoms with Crippen molar-refractivity contribution in [3.63, 3.8) is 0 Å². The summed E-state index contributed by atoms with van der Waals surface area (Å²) in [6.45, 7) is 7.40. The monoisotopic (exact) mass is 512 g/mol. The van der Waals surface area contributed by atoms with Crippen molar-refractivity contribution in [3.8, 4) is 11.6 Å². The highest BCUT2D eigenvalue weighted by Crippen LogP contribution is 2.31. The van der Waals surface area contributed by atoms with E-state index in [4.69, 9.17) is 18.9 Å². The van der Waals surface area contributed by atoms with Gasteiger partial charge in [0.2, 0.25) is 12.2 Å². The summed E-state index contributed by atoms with van der Waals surface area (Å²) in [5, 5.41) is 35.5. The Kier molecular flexibility index (Phi) is 9.12. The number of hydrogen-bond donors (Lipinski definition) is 3. The summed E-state index contributed by atoms with van der Waals surface area (Å²) in [5.74, 6) is 0.0159. The van der Waals surface area contributed by atoms with Gasteiger partial charge in [-0.2, -0.15) is 0 Å². The summed E-state index contributed by atoms with van der Waals surface area (Å²) >= 11 is 0. The molecule has 1 saturated heterocycles. The second kappa shape index (κ2) is 11.9. The number of carbonyl (C=O) groups excluding carboxylic acids is 1. The van der Waals surface area contributed by atoms with Crippen molar-refractivity contribution < 1.29 is 48.2 Å². The number of rotatable bonds is 9. The van der Waals surface area contributed by atoms with E-state index >= 15 is 0 Å². The van der Waals surface area contributed by atoms with E-state index in [1.165, 1.54) is 6.07 Å². The highest BCUT2D eigenvalue weighted by Gasteiger charge is 2.46. The van der Waals surface area contributed by atoms with Gasteiger partial charge in [-0.1, -0.05) is 6.07 Å². The van der Waals surface area contributed by atoms with Crippen molar-refractivity contribution in [1.29, 1.82) is 0 Å². The summed E-state index contributed by atoms with van der Waals surface area (Å²) in [4.78, 5) is 11.3. The van der Waals surface area contributed by atoms with Gasteiger partial charge in [0.05, 0.1) is 13.7 Å². The van der Waals surface area contributed by atoms with Crippen molar-refractivity contribution in [3.05, 3.63) is 40.8 Å². The molecule has 5 atom stereocenters. The van der Waals surface area contributed by atoms with Gasteiger partial charge < -0.3 is 39.0 Å². The van der Waals surface area contributed by atoms with Crippen molar-refractivity contribution in [2.75, 3.05) is 20.3 Å². The molecule has 1 aromatic heterocycles. The molecule has 11 nitrogen and oxygen atoms in total. The number of benzene rings is 1. The fourth-order valence-corrected chi connectivity index (χ4v) is 3.92. The molecule has 0 saturated carbocycles. The van der Waals surface area contributed by atoms with Crippen molar-refractivity contribution in [1.82, 2.24) is 9.78 Å². The van der Waals surface area contributed by atoms with Crippen LogP contribution in [0, 0.1) is 12.7 Å². The van der Waals surface area contributed by atoms with E-state index in [-0.39, 0.29) is 18.3 Å². The van der Waals surface area contributed by atoms with Gasteiger partial charge in [0.1, 0.15) is 42.6 Å². The minimum absolute atomic E-state index is 0.0582. The SMILES string of the molecule is CCOc1ccc(Cc2c(O[C@@H]3O[C@H](COC(=O)OC)[C@@H](O)[C@H](O)[C@H]3O)nn(C(C)C)c2C)c(F)c1. The quantitative estimate of drug-likeness (QED) is 0.426. The molecule has 36 heavy (non-hydrogen) atoms. The van der Waals surface area contributed by atoms with Gasteiger partial charge in [-0.15, -0.1) is 5.10 Å². The summed E-state index contributed by atoms with van der Waals surface area (Å²) < 4.78 is 42.5. The van der Waals surface area contributed by atoms with Crippen LogP contribution in [-0.4, -0.2) is 82.3 Å². The van der Waals surface area contributed by atoms with Crippen LogP contribution in [-0.2, 0) is 20.6 Å². The zero-order chi connectivity index (χ0) is 26.6. The second-order valence-corrected chi connectivity index (χ2v) is 8.67. The number of aromatic nitrogens is 2. The van der Waals surface area contributed by atoms with Gasteiger partial charge >= 0.3 is 6.16 Å². The first-order valence-electron chi connectivity index (χ1n) is 11.6. The average Bonchev–Trinajstić information content (AvgIpc) is 3.15. The summed E-state index contributed by atoms with van der Waals surface area (Å²) in [7, 11) is 1.12. The normalized spacial score (nSPS) is 24.0. The lowest BCUT2D eigenvalue weighted by Crippen LogP contribution is -2.60. The second-order valence-electron chi connectivity index (χ2n) is 8.67. The largest absolute Gasteiger partial charge is 0.508 e. The Bertz CT molecular complexity index is 1040. The molecule has 3 N–H and O–H groups in total. The fraction of sp³-hybridized carbons (Fsp3) is 0.583. The maximum Gasteiger partial charge on any atom is 0.508 e. The van der Waals surface area contributed by atoms with Crippen LogP contribution in [0.4, 0.5) is 9.18 Å². The van der Waals surface area contributed by atoms with Gasteiger partial charge in [0, 0.05) is 29.8 Å². The van der Waals surface area contributed by atoms with E-state index in [2.05, 4.69) is 9.84 Å². The predicted octanol–water partition coefficient (Wildman–Crippen LogP) is 1.87. The average molecular weight is 513 g/mol. The number of hydrogen-bond acceptors (Lipinski definition) is 10. The van der Waals surface area contributed by atoms with E-state index in [0.717, 1.165) is 7.11 Å². The van der Waals surface area contributed by atoms with E-state index in [1.54, 1.807) is 16.8 Å². The van der Waals surface area contributed by atoms with E-state index in [1.807, 2.05) is 27.7 Å². The Labute approximate surface area is 208 Å². The molecule has 1 aliphatic rings. The van der Waals surface area contributed by atoms with Gasteiger partial charge in [0.25, 0.3) is 0 Å². The molecule has 1 aromatic carbocycles. The van der Waals surface area contributed by atoms with E-state index < -0.39 is 49.3 Å². The van der Waals surface area contributed by atoms with Crippen LogP contribution in [0.3, 0.4) is 0 Å². The molecular weight excluding hydrogens is 479 g/mol. The predicted molar refractivity (Wildman–Crippen MR) is 123 cm³/mol. The molecule has 1 fully saturated rings. The first-order valence-corrected chi connectivity index (χ1v) is 11.6. The molecule has 0 spiro atoms. The maximum atomic E-state index is 14.8. The zero-order valence-electron chi connectivity index (χ0n) is 20.9.